The molecule has 0 aromatic heterocycles. The number of unbranched alkanes of at least 4 members (excludes halogenated alkanes) is 7. The maximum absolute atomic E-state index is 13.1. The van der Waals surface area contributed by atoms with Crippen LogP contribution in [-0.2, 0) is 6.54 Å². The van der Waals surface area contributed by atoms with Gasteiger partial charge in [0.2, 0.25) is 0 Å². The van der Waals surface area contributed by atoms with Crippen LogP contribution in [0.1, 0.15) is 69.4 Å². The van der Waals surface area contributed by atoms with E-state index in [4.69, 9.17) is 0 Å². The molecule has 2 heteroatoms. The molecule has 0 fully saturated rings. The minimum atomic E-state index is -0.139. The van der Waals surface area contributed by atoms with Crippen molar-refractivity contribution < 1.29 is 4.39 Å². The summed E-state index contributed by atoms with van der Waals surface area (Å²) >= 11 is 0. The fourth-order valence-corrected chi connectivity index (χ4v) is 2.44. The SMILES string of the molecule is CCCCCCCCCCNCc1cc(F)ccc1C. The first-order valence-corrected chi connectivity index (χ1v) is 8.19. The van der Waals surface area contributed by atoms with Crippen molar-refractivity contribution >= 4 is 0 Å². The number of hydrogen-bond donors (Lipinski definition) is 1. The van der Waals surface area contributed by atoms with Crippen molar-refractivity contribution in [1.82, 2.24) is 5.32 Å². The molecule has 0 aliphatic carbocycles. The van der Waals surface area contributed by atoms with Gasteiger partial charge in [-0.1, -0.05) is 57.9 Å². The molecule has 0 bridgehead atoms. The van der Waals surface area contributed by atoms with E-state index in [1.54, 1.807) is 6.07 Å². The van der Waals surface area contributed by atoms with Crippen molar-refractivity contribution in [3.05, 3.63) is 35.1 Å². The molecule has 0 atom stereocenters. The van der Waals surface area contributed by atoms with Crippen LogP contribution in [0.25, 0.3) is 0 Å². The van der Waals surface area contributed by atoms with Gasteiger partial charge in [0.15, 0.2) is 0 Å². The lowest BCUT2D eigenvalue weighted by molar-refractivity contribution is 0.553. The van der Waals surface area contributed by atoms with Gasteiger partial charge in [-0.05, 0) is 43.1 Å². The summed E-state index contributed by atoms with van der Waals surface area (Å²) in [6.45, 7) is 6.10. The Hall–Kier alpha value is -0.890. The minimum absolute atomic E-state index is 0.139. The van der Waals surface area contributed by atoms with Gasteiger partial charge in [-0.25, -0.2) is 4.39 Å². The van der Waals surface area contributed by atoms with E-state index in [1.165, 1.54) is 57.4 Å². The third-order valence-electron chi connectivity index (χ3n) is 3.83. The third-order valence-corrected chi connectivity index (χ3v) is 3.83. The molecule has 0 amide bonds. The predicted octanol–water partition coefficient (Wildman–Crippen LogP) is 5.36. The van der Waals surface area contributed by atoms with Gasteiger partial charge in [0, 0.05) is 6.54 Å². The Morgan fingerprint density at radius 3 is 2.30 bits per heavy atom. The van der Waals surface area contributed by atoms with Crippen molar-refractivity contribution in [3.63, 3.8) is 0 Å². The Kier molecular flexibility index (Phi) is 9.31. The van der Waals surface area contributed by atoms with E-state index in [2.05, 4.69) is 12.2 Å². The first-order chi connectivity index (χ1) is 9.74. The summed E-state index contributed by atoms with van der Waals surface area (Å²) in [6.07, 6.45) is 10.8. The van der Waals surface area contributed by atoms with Gasteiger partial charge >= 0.3 is 0 Å². The van der Waals surface area contributed by atoms with E-state index in [-0.39, 0.29) is 5.82 Å². The lowest BCUT2D eigenvalue weighted by Gasteiger charge is -2.08. The van der Waals surface area contributed by atoms with Crippen molar-refractivity contribution in [2.24, 2.45) is 0 Å². The van der Waals surface area contributed by atoms with Crippen LogP contribution in [0, 0.1) is 12.7 Å². The molecule has 20 heavy (non-hydrogen) atoms. The Labute approximate surface area is 124 Å². The summed E-state index contributed by atoms with van der Waals surface area (Å²) in [5.74, 6) is -0.139. The minimum Gasteiger partial charge on any atom is -0.313 e. The molecule has 1 nitrogen and oxygen atoms in total. The van der Waals surface area contributed by atoms with E-state index in [1.807, 2.05) is 13.0 Å². The summed E-state index contributed by atoms with van der Waals surface area (Å²) < 4.78 is 13.1. The van der Waals surface area contributed by atoms with Crippen LogP contribution in [0.3, 0.4) is 0 Å². The van der Waals surface area contributed by atoms with Gasteiger partial charge in [0.25, 0.3) is 0 Å². The second-order valence-corrected chi connectivity index (χ2v) is 5.72. The lowest BCUT2D eigenvalue weighted by atomic mass is 10.1. The highest BCUT2D eigenvalue weighted by molar-refractivity contribution is 5.26. The predicted molar refractivity (Wildman–Crippen MR) is 85.5 cm³/mol. The maximum Gasteiger partial charge on any atom is 0.123 e. The molecule has 0 aliphatic heterocycles. The number of nitrogens with one attached hydrogen (secondary N) is 1. The summed E-state index contributed by atoms with van der Waals surface area (Å²) in [5.41, 5.74) is 2.24. The molecule has 1 aromatic carbocycles. The van der Waals surface area contributed by atoms with Crippen molar-refractivity contribution in [2.45, 2.75) is 71.8 Å². The monoisotopic (exact) mass is 279 g/mol. The van der Waals surface area contributed by atoms with Gasteiger partial charge in [-0.3, -0.25) is 0 Å². The third kappa shape index (κ3) is 7.64. The van der Waals surface area contributed by atoms with Gasteiger partial charge in [0.05, 0.1) is 0 Å². The lowest BCUT2D eigenvalue weighted by Crippen LogP contribution is -2.15. The van der Waals surface area contributed by atoms with Crippen LogP contribution in [0.15, 0.2) is 18.2 Å². The molecular weight excluding hydrogens is 249 g/mol. The van der Waals surface area contributed by atoms with Crippen LogP contribution in [0.5, 0.6) is 0 Å². The molecule has 0 saturated heterocycles. The Morgan fingerprint density at radius 2 is 1.60 bits per heavy atom. The number of benzene rings is 1. The second-order valence-electron chi connectivity index (χ2n) is 5.72. The molecule has 1 rings (SSSR count). The van der Waals surface area contributed by atoms with Crippen LogP contribution in [-0.4, -0.2) is 6.54 Å². The number of hydrogen-bond acceptors (Lipinski definition) is 1. The highest BCUT2D eigenvalue weighted by Gasteiger charge is 1.99. The normalized spacial score (nSPS) is 10.9. The van der Waals surface area contributed by atoms with E-state index in [0.29, 0.717) is 0 Å². The van der Waals surface area contributed by atoms with Crippen LogP contribution in [0.4, 0.5) is 4.39 Å². The molecule has 0 radical (unpaired) electrons. The highest BCUT2D eigenvalue weighted by Crippen LogP contribution is 2.10. The summed E-state index contributed by atoms with van der Waals surface area (Å²) in [7, 11) is 0. The standard InChI is InChI=1S/C18H30FN/c1-3-4-5-6-7-8-9-10-13-20-15-17-14-18(19)12-11-16(17)2/h11-12,14,20H,3-10,13,15H2,1-2H3. The van der Waals surface area contributed by atoms with Gasteiger partial charge < -0.3 is 5.32 Å². The molecule has 0 heterocycles. The fourth-order valence-electron chi connectivity index (χ4n) is 2.44. The van der Waals surface area contributed by atoms with Crippen LogP contribution < -0.4 is 5.32 Å². The zero-order valence-electron chi connectivity index (χ0n) is 13.2. The molecule has 1 N–H and O–H groups in total. The molecule has 114 valence electrons. The summed E-state index contributed by atoms with van der Waals surface area (Å²) in [4.78, 5) is 0. The molecule has 0 spiro atoms. The maximum atomic E-state index is 13.1. The first kappa shape index (κ1) is 17.2. The smallest absolute Gasteiger partial charge is 0.123 e. The van der Waals surface area contributed by atoms with E-state index < -0.39 is 0 Å². The van der Waals surface area contributed by atoms with E-state index in [0.717, 1.165) is 24.2 Å². The second kappa shape index (κ2) is 10.8. The topological polar surface area (TPSA) is 12.0 Å². The zero-order chi connectivity index (χ0) is 14.6. The molecular formula is C18H30FN. The average Bonchev–Trinajstić information content (AvgIpc) is 2.44. The molecule has 0 saturated carbocycles. The first-order valence-electron chi connectivity index (χ1n) is 8.19. The quantitative estimate of drug-likeness (QED) is 0.537. The van der Waals surface area contributed by atoms with E-state index in [9.17, 15) is 4.39 Å². The Bertz CT molecular complexity index is 362. The average molecular weight is 279 g/mol. The Morgan fingerprint density at radius 1 is 0.950 bits per heavy atom. The van der Waals surface area contributed by atoms with Gasteiger partial charge in [0.1, 0.15) is 5.82 Å². The zero-order valence-corrected chi connectivity index (χ0v) is 13.2. The summed E-state index contributed by atoms with van der Waals surface area (Å²) in [6, 6.07) is 5.01. The number of rotatable bonds is 11. The van der Waals surface area contributed by atoms with Crippen LogP contribution in [0.2, 0.25) is 0 Å². The summed E-state index contributed by atoms with van der Waals surface area (Å²) in [5, 5.41) is 3.41. The highest BCUT2D eigenvalue weighted by atomic mass is 19.1. The van der Waals surface area contributed by atoms with Gasteiger partial charge in [-0.15, -0.1) is 0 Å². The number of aryl methyl sites for hydroxylation is 1. The largest absolute Gasteiger partial charge is 0.313 e. The van der Waals surface area contributed by atoms with E-state index >= 15 is 0 Å². The van der Waals surface area contributed by atoms with Crippen molar-refractivity contribution in [3.8, 4) is 0 Å². The van der Waals surface area contributed by atoms with Crippen molar-refractivity contribution in [2.75, 3.05) is 6.54 Å². The molecule has 0 unspecified atom stereocenters. The Balaban J connectivity index is 1.98. The fraction of sp³-hybridized carbons (Fsp3) is 0.667. The molecule has 1 aromatic rings. The van der Waals surface area contributed by atoms with Crippen molar-refractivity contribution in [1.29, 1.82) is 0 Å². The molecule has 0 aliphatic rings. The number of halogens is 1. The van der Waals surface area contributed by atoms with Crippen LogP contribution >= 0.6 is 0 Å². The van der Waals surface area contributed by atoms with Gasteiger partial charge in [-0.2, -0.15) is 0 Å².